The summed E-state index contributed by atoms with van der Waals surface area (Å²) < 4.78 is 5.60. The van der Waals surface area contributed by atoms with Gasteiger partial charge in [-0.3, -0.25) is 9.59 Å². The van der Waals surface area contributed by atoms with Crippen LogP contribution in [0, 0.1) is 0 Å². The van der Waals surface area contributed by atoms with Crippen molar-refractivity contribution in [3.63, 3.8) is 0 Å². The minimum Gasteiger partial charge on any atom is -0.376 e. The summed E-state index contributed by atoms with van der Waals surface area (Å²) in [5.74, 6) is -0.373. The summed E-state index contributed by atoms with van der Waals surface area (Å²) in [5, 5.41) is 3.61. The molecule has 1 N–H and O–H groups in total. The van der Waals surface area contributed by atoms with Crippen molar-refractivity contribution in [3.05, 3.63) is 70.7 Å². The molecule has 2 aromatic carbocycles. The molecular formula is C22H25ClN2O3. The lowest BCUT2D eigenvalue weighted by molar-refractivity contribution is -0.140. The van der Waals surface area contributed by atoms with Gasteiger partial charge in [0.25, 0.3) is 0 Å². The van der Waals surface area contributed by atoms with Gasteiger partial charge in [-0.15, -0.1) is 0 Å². The largest absolute Gasteiger partial charge is 0.376 e. The zero-order chi connectivity index (χ0) is 19.9. The highest BCUT2D eigenvalue weighted by molar-refractivity contribution is 6.30. The third-order valence-corrected chi connectivity index (χ3v) is 5.13. The normalized spacial score (nSPS) is 17.1. The van der Waals surface area contributed by atoms with Gasteiger partial charge in [0.1, 0.15) is 6.04 Å². The van der Waals surface area contributed by atoms with E-state index in [9.17, 15) is 9.59 Å². The number of benzene rings is 2. The number of hydrogen-bond donors (Lipinski definition) is 1. The molecule has 0 unspecified atom stereocenters. The molecule has 2 amide bonds. The highest BCUT2D eigenvalue weighted by Gasteiger charge is 2.30. The van der Waals surface area contributed by atoms with Gasteiger partial charge in [-0.2, -0.15) is 0 Å². The maximum atomic E-state index is 13.1. The van der Waals surface area contributed by atoms with Crippen molar-refractivity contribution in [1.29, 1.82) is 0 Å². The van der Waals surface area contributed by atoms with E-state index >= 15 is 0 Å². The smallest absolute Gasteiger partial charge is 0.247 e. The fourth-order valence-electron chi connectivity index (χ4n) is 3.40. The summed E-state index contributed by atoms with van der Waals surface area (Å²) >= 11 is 5.97. The van der Waals surface area contributed by atoms with Crippen molar-refractivity contribution in [1.82, 2.24) is 10.2 Å². The first kappa shape index (κ1) is 20.4. The summed E-state index contributed by atoms with van der Waals surface area (Å²) in [7, 11) is 0. The molecule has 0 radical (unpaired) electrons. The van der Waals surface area contributed by atoms with Gasteiger partial charge in [-0.1, -0.05) is 54.1 Å². The fraction of sp³-hybridized carbons (Fsp3) is 0.364. The summed E-state index contributed by atoms with van der Waals surface area (Å²) in [6.07, 6.45) is 2.00. The lowest BCUT2D eigenvalue weighted by Crippen LogP contribution is -2.44. The molecule has 2 aromatic rings. The standard InChI is InChI=1S/C22H25ClN2O3/c1-16(26)25(15-17-9-11-19(23)12-10-17)21(18-6-3-2-4-7-18)22(27)24-14-20-8-5-13-28-20/h2-4,6-7,9-12,20-21H,5,8,13-15H2,1H3,(H,24,27)/t20-,21+/m1/s1. The molecule has 1 aliphatic heterocycles. The predicted molar refractivity (Wildman–Crippen MR) is 109 cm³/mol. The number of amides is 2. The van der Waals surface area contributed by atoms with E-state index in [2.05, 4.69) is 5.32 Å². The zero-order valence-corrected chi connectivity index (χ0v) is 16.7. The SMILES string of the molecule is CC(=O)N(Cc1ccc(Cl)cc1)[C@H](C(=O)NC[C@H]1CCCO1)c1ccccc1. The Labute approximate surface area is 170 Å². The molecule has 1 aliphatic rings. The molecule has 2 atom stereocenters. The Morgan fingerprint density at radius 2 is 1.89 bits per heavy atom. The third kappa shape index (κ3) is 5.33. The van der Waals surface area contributed by atoms with Crippen LogP contribution < -0.4 is 5.32 Å². The Morgan fingerprint density at radius 1 is 1.18 bits per heavy atom. The fourth-order valence-corrected chi connectivity index (χ4v) is 3.52. The van der Waals surface area contributed by atoms with Gasteiger partial charge in [0.05, 0.1) is 6.10 Å². The summed E-state index contributed by atoms with van der Waals surface area (Å²) in [5.41, 5.74) is 1.68. The monoisotopic (exact) mass is 400 g/mol. The number of carbonyl (C=O) groups is 2. The lowest BCUT2D eigenvalue weighted by atomic mass is 10.0. The Bertz CT molecular complexity index is 789. The van der Waals surface area contributed by atoms with Gasteiger partial charge >= 0.3 is 0 Å². The molecule has 1 heterocycles. The van der Waals surface area contributed by atoms with E-state index in [0.29, 0.717) is 18.1 Å². The molecule has 28 heavy (non-hydrogen) atoms. The van der Waals surface area contributed by atoms with E-state index in [1.165, 1.54) is 6.92 Å². The highest BCUT2D eigenvalue weighted by atomic mass is 35.5. The van der Waals surface area contributed by atoms with Crippen LogP contribution in [0.15, 0.2) is 54.6 Å². The Kier molecular flexibility index (Phi) is 7.06. The number of nitrogens with one attached hydrogen (secondary N) is 1. The topological polar surface area (TPSA) is 58.6 Å². The van der Waals surface area contributed by atoms with Gasteiger partial charge in [-0.05, 0) is 36.1 Å². The molecule has 6 heteroatoms. The van der Waals surface area contributed by atoms with Crippen LogP contribution in [0.1, 0.15) is 36.9 Å². The first-order valence-electron chi connectivity index (χ1n) is 9.50. The molecular weight excluding hydrogens is 376 g/mol. The maximum absolute atomic E-state index is 13.1. The van der Waals surface area contributed by atoms with Crippen molar-refractivity contribution in [2.45, 2.75) is 38.5 Å². The molecule has 0 bridgehead atoms. The minimum atomic E-state index is -0.712. The molecule has 1 fully saturated rings. The molecule has 0 aromatic heterocycles. The number of rotatable bonds is 7. The van der Waals surface area contributed by atoms with Gasteiger partial charge in [0.15, 0.2) is 0 Å². The Balaban J connectivity index is 1.82. The second kappa shape index (κ2) is 9.71. The van der Waals surface area contributed by atoms with Gasteiger partial charge < -0.3 is 15.0 Å². The van der Waals surface area contributed by atoms with E-state index in [1.54, 1.807) is 17.0 Å². The van der Waals surface area contributed by atoms with E-state index in [-0.39, 0.29) is 17.9 Å². The minimum absolute atomic E-state index is 0.0439. The molecule has 0 spiro atoms. The second-order valence-corrected chi connectivity index (χ2v) is 7.40. The predicted octanol–water partition coefficient (Wildman–Crippen LogP) is 3.73. The van der Waals surface area contributed by atoms with Gasteiger partial charge in [0.2, 0.25) is 11.8 Å². The first-order valence-corrected chi connectivity index (χ1v) is 9.88. The van der Waals surface area contributed by atoms with Crippen LogP contribution in [0.4, 0.5) is 0 Å². The van der Waals surface area contributed by atoms with Crippen molar-refractivity contribution in [3.8, 4) is 0 Å². The first-order chi connectivity index (χ1) is 13.5. The van der Waals surface area contributed by atoms with Crippen LogP contribution in [0.25, 0.3) is 0 Å². The van der Waals surface area contributed by atoms with Crippen LogP contribution in [-0.2, 0) is 20.9 Å². The summed E-state index contributed by atoms with van der Waals surface area (Å²) in [4.78, 5) is 27.2. The van der Waals surface area contributed by atoms with Crippen LogP contribution in [-0.4, -0.2) is 36.0 Å². The van der Waals surface area contributed by atoms with Gasteiger partial charge in [-0.25, -0.2) is 0 Å². The number of halogens is 1. The van der Waals surface area contributed by atoms with E-state index < -0.39 is 6.04 Å². The average Bonchev–Trinajstić information content (AvgIpc) is 3.22. The van der Waals surface area contributed by atoms with Crippen molar-refractivity contribution >= 4 is 23.4 Å². The van der Waals surface area contributed by atoms with E-state index in [0.717, 1.165) is 30.6 Å². The molecule has 3 rings (SSSR count). The van der Waals surface area contributed by atoms with E-state index in [4.69, 9.17) is 16.3 Å². The molecule has 0 aliphatic carbocycles. The number of nitrogens with zero attached hydrogens (tertiary/aromatic N) is 1. The Morgan fingerprint density at radius 3 is 2.50 bits per heavy atom. The molecule has 148 valence electrons. The number of carbonyl (C=O) groups excluding carboxylic acids is 2. The second-order valence-electron chi connectivity index (χ2n) is 6.97. The number of ether oxygens (including phenoxy) is 1. The van der Waals surface area contributed by atoms with Gasteiger partial charge in [0, 0.05) is 31.6 Å². The maximum Gasteiger partial charge on any atom is 0.247 e. The number of hydrogen-bond acceptors (Lipinski definition) is 3. The van der Waals surface area contributed by atoms with Crippen molar-refractivity contribution in [2.24, 2.45) is 0 Å². The molecule has 5 nitrogen and oxygen atoms in total. The molecule has 0 saturated carbocycles. The van der Waals surface area contributed by atoms with Crippen molar-refractivity contribution < 1.29 is 14.3 Å². The summed E-state index contributed by atoms with van der Waals surface area (Å²) in [6, 6.07) is 16.0. The summed E-state index contributed by atoms with van der Waals surface area (Å²) in [6.45, 7) is 2.99. The molecule has 1 saturated heterocycles. The lowest BCUT2D eigenvalue weighted by Gasteiger charge is -2.31. The van der Waals surface area contributed by atoms with Crippen LogP contribution >= 0.6 is 11.6 Å². The quantitative estimate of drug-likeness (QED) is 0.770. The Hall–Kier alpha value is -2.37. The zero-order valence-electron chi connectivity index (χ0n) is 15.9. The van der Waals surface area contributed by atoms with Crippen molar-refractivity contribution in [2.75, 3.05) is 13.2 Å². The van der Waals surface area contributed by atoms with Crippen LogP contribution in [0.3, 0.4) is 0 Å². The average molecular weight is 401 g/mol. The van der Waals surface area contributed by atoms with E-state index in [1.807, 2.05) is 42.5 Å². The van der Waals surface area contributed by atoms with Crippen LogP contribution in [0.5, 0.6) is 0 Å². The van der Waals surface area contributed by atoms with Crippen LogP contribution in [0.2, 0.25) is 5.02 Å². The third-order valence-electron chi connectivity index (χ3n) is 4.87. The highest BCUT2D eigenvalue weighted by Crippen LogP contribution is 2.24.